The molecule has 0 aromatic heterocycles. The molecule has 2 unspecified atom stereocenters. The first-order valence-electron chi connectivity index (χ1n) is 7.24. The van der Waals surface area contributed by atoms with Gasteiger partial charge in [0.2, 0.25) is 5.91 Å². The molecule has 2 N–H and O–H groups in total. The van der Waals surface area contributed by atoms with Crippen molar-refractivity contribution in [2.75, 3.05) is 13.1 Å². The Balaban J connectivity index is 2.00. The maximum atomic E-state index is 12.5. The maximum absolute atomic E-state index is 12.5. The molecule has 1 aliphatic carbocycles. The number of carbonyl (C=O) groups is 1. The van der Waals surface area contributed by atoms with Crippen molar-refractivity contribution in [3.8, 4) is 0 Å². The molecule has 3 nitrogen and oxygen atoms in total. The molecule has 0 bridgehead atoms. The summed E-state index contributed by atoms with van der Waals surface area (Å²) >= 11 is 0. The van der Waals surface area contributed by atoms with Crippen molar-refractivity contribution < 1.29 is 4.79 Å². The van der Waals surface area contributed by atoms with Crippen LogP contribution in [0.4, 0.5) is 0 Å². The average molecular weight is 238 g/mol. The number of nitrogens with two attached hydrogens (primary N) is 1. The molecule has 17 heavy (non-hydrogen) atoms. The Bertz CT molecular complexity index is 261. The number of likely N-dealkylation sites (tertiary alicyclic amines) is 1. The normalized spacial score (nSPS) is 31.5. The van der Waals surface area contributed by atoms with Gasteiger partial charge in [0.1, 0.15) is 0 Å². The van der Waals surface area contributed by atoms with Gasteiger partial charge in [-0.2, -0.15) is 0 Å². The van der Waals surface area contributed by atoms with Gasteiger partial charge in [-0.3, -0.25) is 4.79 Å². The molecule has 3 heteroatoms. The second-order valence-corrected chi connectivity index (χ2v) is 5.79. The minimum atomic E-state index is 0.290. The van der Waals surface area contributed by atoms with Gasteiger partial charge >= 0.3 is 0 Å². The highest BCUT2D eigenvalue weighted by molar-refractivity contribution is 5.79. The van der Waals surface area contributed by atoms with Crippen LogP contribution in [-0.2, 0) is 4.79 Å². The van der Waals surface area contributed by atoms with Crippen molar-refractivity contribution in [2.45, 2.75) is 57.9 Å². The lowest BCUT2D eigenvalue weighted by Gasteiger charge is -2.41. The predicted molar refractivity (Wildman–Crippen MR) is 69.5 cm³/mol. The summed E-state index contributed by atoms with van der Waals surface area (Å²) in [6, 6.07) is 0.290. The molecule has 1 heterocycles. The summed E-state index contributed by atoms with van der Waals surface area (Å²) < 4.78 is 0. The first-order valence-corrected chi connectivity index (χ1v) is 7.24. The van der Waals surface area contributed by atoms with E-state index in [4.69, 9.17) is 5.73 Å². The van der Waals surface area contributed by atoms with Crippen LogP contribution in [0.2, 0.25) is 0 Å². The first-order chi connectivity index (χ1) is 8.24. The van der Waals surface area contributed by atoms with E-state index in [1.807, 2.05) is 0 Å². The van der Waals surface area contributed by atoms with Gasteiger partial charge in [0.05, 0.1) is 0 Å². The van der Waals surface area contributed by atoms with Crippen LogP contribution in [-0.4, -0.2) is 29.9 Å². The van der Waals surface area contributed by atoms with E-state index in [2.05, 4.69) is 11.8 Å². The van der Waals surface area contributed by atoms with E-state index < -0.39 is 0 Å². The Labute approximate surface area is 105 Å². The minimum Gasteiger partial charge on any atom is -0.338 e. The van der Waals surface area contributed by atoms with E-state index in [9.17, 15) is 4.79 Å². The van der Waals surface area contributed by atoms with E-state index in [1.54, 1.807) is 0 Å². The fraction of sp³-hybridized carbons (Fsp3) is 0.929. The standard InChI is InChI=1S/C14H26N2O/c1-11-6-5-9-16(13(11)10-15)14(17)12-7-3-2-4-8-12/h11-13H,2-10,15H2,1H3. The molecule has 2 fully saturated rings. The van der Waals surface area contributed by atoms with Crippen LogP contribution in [0.1, 0.15) is 51.9 Å². The molecular formula is C14H26N2O. The number of hydrogen-bond acceptors (Lipinski definition) is 2. The molecule has 1 amide bonds. The quantitative estimate of drug-likeness (QED) is 0.801. The van der Waals surface area contributed by atoms with E-state index in [0.717, 1.165) is 25.8 Å². The third-order valence-corrected chi connectivity index (χ3v) is 4.59. The molecule has 1 saturated heterocycles. The van der Waals surface area contributed by atoms with Gasteiger partial charge in [-0.1, -0.05) is 26.2 Å². The van der Waals surface area contributed by atoms with Gasteiger partial charge in [0, 0.05) is 25.0 Å². The van der Waals surface area contributed by atoms with Gasteiger partial charge in [-0.25, -0.2) is 0 Å². The lowest BCUT2D eigenvalue weighted by Crippen LogP contribution is -2.53. The lowest BCUT2D eigenvalue weighted by molar-refractivity contribution is -0.141. The molecule has 1 aliphatic heterocycles. The summed E-state index contributed by atoms with van der Waals surface area (Å²) in [5.41, 5.74) is 5.86. The highest BCUT2D eigenvalue weighted by Crippen LogP contribution is 2.29. The van der Waals surface area contributed by atoms with Crippen molar-refractivity contribution in [3.05, 3.63) is 0 Å². The second-order valence-electron chi connectivity index (χ2n) is 5.79. The van der Waals surface area contributed by atoms with Crippen LogP contribution in [0.25, 0.3) is 0 Å². The smallest absolute Gasteiger partial charge is 0.225 e. The number of nitrogens with zero attached hydrogens (tertiary/aromatic N) is 1. The van der Waals surface area contributed by atoms with Crippen LogP contribution < -0.4 is 5.73 Å². The fourth-order valence-corrected chi connectivity index (χ4v) is 3.47. The average Bonchev–Trinajstić information content (AvgIpc) is 2.38. The summed E-state index contributed by atoms with van der Waals surface area (Å²) in [5.74, 6) is 1.26. The van der Waals surface area contributed by atoms with Crippen molar-refractivity contribution in [1.29, 1.82) is 0 Å². The highest BCUT2D eigenvalue weighted by atomic mass is 16.2. The number of carbonyl (C=O) groups excluding carboxylic acids is 1. The van der Waals surface area contributed by atoms with E-state index in [-0.39, 0.29) is 6.04 Å². The summed E-state index contributed by atoms with van der Waals surface area (Å²) in [6.07, 6.45) is 8.33. The first kappa shape index (κ1) is 12.9. The molecule has 0 aromatic carbocycles. The van der Waals surface area contributed by atoms with Gasteiger partial charge in [-0.05, 0) is 31.6 Å². The van der Waals surface area contributed by atoms with E-state index in [0.29, 0.717) is 24.3 Å². The molecule has 0 radical (unpaired) electrons. The summed E-state index contributed by atoms with van der Waals surface area (Å²) in [5, 5.41) is 0. The van der Waals surface area contributed by atoms with Crippen molar-refractivity contribution >= 4 is 5.91 Å². The van der Waals surface area contributed by atoms with Gasteiger partial charge in [0.25, 0.3) is 0 Å². The van der Waals surface area contributed by atoms with Crippen LogP contribution in [0.5, 0.6) is 0 Å². The fourth-order valence-electron chi connectivity index (χ4n) is 3.47. The molecule has 98 valence electrons. The third-order valence-electron chi connectivity index (χ3n) is 4.59. The Morgan fingerprint density at radius 2 is 1.88 bits per heavy atom. The number of rotatable bonds is 2. The van der Waals surface area contributed by atoms with Crippen LogP contribution in [0, 0.1) is 11.8 Å². The summed E-state index contributed by atoms with van der Waals surface area (Å²) in [4.78, 5) is 14.6. The predicted octanol–water partition coefficient (Wildman–Crippen LogP) is 2.15. The number of amides is 1. The summed E-state index contributed by atoms with van der Waals surface area (Å²) in [7, 11) is 0. The zero-order valence-electron chi connectivity index (χ0n) is 11.0. The zero-order chi connectivity index (χ0) is 12.3. The van der Waals surface area contributed by atoms with Crippen LogP contribution >= 0.6 is 0 Å². The Hall–Kier alpha value is -0.570. The largest absolute Gasteiger partial charge is 0.338 e. The lowest BCUT2D eigenvalue weighted by atomic mass is 9.85. The Morgan fingerprint density at radius 3 is 2.53 bits per heavy atom. The highest BCUT2D eigenvalue weighted by Gasteiger charge is 2.34. The number of piperidine rings is 1. The minimum absolute atomic E-state index is 0.290. The number of hydrogen-bond donors (Lipinski definition) is 1. The van der Waals surface area contributed by atoms with Crippen molar-refractivity contribution in [2.24, 2.45) is 17.6 Å². The molecular weight excluding hydrogens is 212 g/mol. The Kier molecular flexibility index (Phi) is 4.43. The van der Waals surface area contributed by atoms with E-state index >= 15 is 0 Å². The van der Waals surface area contributed by atoms with Gasteiger partial charge < -0.3 is 10.6 Å². The molecule has 0 aromatic rings. The van der Waals surface area contributed by atoms with Gasteiger partial charge in [-0.15, -0.1) is 0 Å². The molecule has 2 aliphatic rings. The molecule has 1 saturated carbocycles. The molecule has 2 rings (SSSR count). The monoisotopic (exact) mass is 238 g/mol. The molecule has 0 spiro atoms. The van der Waals surface area contributed by atoms with Crippen LogP contribution in [0.3, 0.4) is 0 Å². The second kappa shape index (κ2) is 5.85. The van der Waals surface area contributed by atoms with E-state index in [1.165, 1.54) is 25.7 Å². The van der Waals surface area contributed by atoms with Crippen molar-refractivity contribution in [1.82, 2.24) is 4.90 Å². The van der Waals surface area contributed by atoms with Crippen LogP contribution in [0.15, 0.2) is 0 Å². The van der Waals surface area contributed by atoms with Gasteiger partial charge in [0.15, 0.2) is 0 Å². The molecule has 2 atom stereocenters. The Morgan fingerprint density at radius 1 is 1.18 bits per heavy atom. The summed E-state index contributed by atoms with van der Waals surface area (Å²) in [6.45, 7) is 3.79. The zero-order valence-corrected chi connectivity index (χ0v) is 11.0. The SMILES string of the molecule is CC1CCCN(C(=O)C2CCCCC2)C1CN. The topological polar surface area (TPSA) is 46.3 Å². The third kappa shape index (κ3) is 2.82. The van der Waals surface area contributed by atoms with Crippen molar-refractivity contribution in [3.63, 3.8) is 0 Å². The maximum Gasteiger partial charge on any atom is 0.225 e.